The van der Waals surface area contributed by atoms with Crippen LogP contribution < -0.4 is 5.32 Å². The molecule has 2 heterocycles. The number of methoxy groups -OCH3 is 1. The molecule has 4 nitrogen and oxygen atoms in total. The highest BCUT2D eigenvalue weighted by molar-refractivity contribution is 5.83. The fourth-order valence-corrected chi connectivity index (χ4v) is 4.56. The van der Waals surface area contributed by atoms with Crippen LogP contribution in [-0.2, 0) is 9.53 Å². The van der Waals surface area contributed by atoms with Crippen molar-refractivity contribution >= 4 is 5.91 Å². The molecule has 2 saturated heterocycles. The van der Waals surface area contributed by atoms with E-state index in [0.29, 0.717) is 18.6 Å². The van der Waals surface area contributed by atoms with Crippen LogP contribution in [0.4, 0.5) is 0 Å². The van der Waals surface area contributed by atoms with Crippen molar-refractivity contribution in [2.75, 3.05) is 33.4 Å². The number of ether oxygens (including phenoxy) is 1. The average Bonchev–Trinajstić information content (AvgIpc) is 2.91. The number of hydrogen-bond acceptors (Lipinski definition) is 3. The zero-order valence-electron chi connectivity index (χ0n) is 12.7. The Balaban J connectivity index is 1.75. The van der Waals surface area contributed by atoms with Gasteiger partial charge in [0.25, 0.3) is 0 Å². The van der Waals surface area contributed by atoms with E-state index in [0.717, 1.165) is 38.4 Å². The maximum atomic E-state index is 13.2. The molecule has 0 aromatic carbocycles. The van der Waals surface area contributed by atoms with Gasteiger partial charge in [-0.15, -0.1) is 0 Å². The van der Waals surface area contributed by atoms with Gasteiger partial charge in [0.2, 0.25) is 5.91 Å². The Kier molecular flexibility index (Phi) is 4.32. The normalized spacial score (nSPS) is 33.0. The van der Waals surface area contributed by atoms with E-state index < -0.39 is 0 Å². The van der Waals surface area contributed by atoms with Gasteiger partial charge in [-0.25, -0.2) is 0 Å². The number of nitrogens with one attached hydrogen (secondary N) is 1. The third-order valence-corrected chi connectivity index (χ3v) is 5.71. The van der Waals surface area contributed by atoms with Gasteiger partial charge in [-0.1, -0.05) is 12.8 Å². The lowest BCUT2D eigenvalue weighted by atomic mass is 9.77. The lowest BCUT2D eigenvalue weighted by molar-refractivity contribution is -0.149. The van der Waals surface area contributed by atoms with Gasteiger partial charge < -0.3 is 15.0 Å². The molecular formula is C16H28N2O2. The molecular weight excluding hydrogens is 252 g/mol. The molecule has 2 atom stereocenters. The van der Waals surface area contributed by atoms with Crippen LogP contribution in [0.3, 0.4) is 0 Å². The number of fused-ring (bicyclic) bond motifs is 1. The molecule has 3 rings (SSSR count). The molecule has 2 aliphatic heterocycles. The second-order valence-electron chi connectivity index (χ2n) is 6.86. The quantitative estimate of drug-likeness (QED) is 0.857. The van der Waals surface area contributed by atoms with Crippen LogP contribution in [0.15, 0.2) is 0 Å². The first-order valence-corrected chi connectivity index (χ1v) is 8.27. The van der Waals surface area contributed by atoms with Crippen LogP contribution in [0.5, 0.6) is 0 Å². The number of amides is 1. The summed E-state index contributed by atoms with van der Waals surface area (Å²) in [7, 11) is 1.73. The number of piperidine rings is 1. The summed E-state index contributed by atoms with van der Waals surface area (Å²) in [4.78, 5) is 15.4. The Morgan fingerprint density at radius 3 is 2.75 bits per heavy atom. The van der Waals surface area contributed by atoms with Crippen LogP contribution in [0.25, 0.3) is 0 Å². The minimum Gasteiger partial charge on any atom is -0.384 e. The van der Waals surface area contributed by atoms with Crippen molar-refractivity contribution in [3.8, 4) is 0 Å². The Hall–Kier alpha value is -0.610. The zero-order chi connectivity index (χ0) is 14.0. The molecule has 0 bridgehead atoms. The molecule has 3 aliphatic rings. The Morgan fingerprint density at radius 1 is 1.25 bits per heavy atom. The molecule has 3 fully saturated rings. The Morgan fingerprint density at radius 2 is 2.00 bits per heavy atom. The summed E-state index contributed by atoms with van der Waals surface area (Å²) < 4.78 is 5.43. The van der Waals surface area contributed by atoms with Crippen molar-refractivity contribution in [1.29, 1.82) is 0 Å². The van der Waals surface area contributed by atoms with E-state index in [9.17, 15) is 4.79 Å². The van der Waals surface area contributed by atoms with Crippen LogP contribution in [0.1, 0.15) is 44.9 Å². The van der Waals surface area contributed by atoms with E-state index in [1.807, 2.05) is 0 Å². The van der Waals surface area contributed by atoms with E-state index in [2.05, 4.69) is 10.2 Å². The molecule has 0 aromatic rings. The monoisotopic (exact) mass is 280 g/mol. The molecule has 0 aromatic heterocycles. The third-order valence-electron chi connectivity index (χ3n) is 5.71. The van der Waals surface area contributed by atoms with Crippen LogP contribution >= 0.6 is 0 Å². The lowest BCUT2D eigenvalue weighted by Gasteiger charge is -2.41. The molecule has 1 amide bonds. The number of carbonyl (C=O) groups is 1. The highest BCUT2D eigenvalue weighted by atomic mass is 16.5. The number of nitrogens with zero attached hydrogens (tertiary/aromatic N) is 1. The molecule has 4 heteroatoms. The first-order chi connectivity index (χ1) is 9.77. The smallest absolute Gasteiger partial charge is 0.231 e. The van der Waals surface area contributed by atoms with Crippen LogP contribution in [0.2, 0.25) is 0 Å². The maximum Gasteiger partial charge on any atom is 0.231 e. The minimum absolute atomic E-state index is 0.258. The van der Waals surface area contributed by atoms with Crippen molar-refractivity contribution < 1.29 is 9.53 Å². The Bertz CT molecular complexity index is 347. The predicted octanol–water partition coefficient (Wildman–Crippen LogP) is 1.79. The van der Waals surface area contributed by atoms with Gasteiger partial charge >= 0.3 is 0 Å². The van der Waals surface area contributed by atoms with Gasteiger partial charge in [-0.2, -0.15) is 0 Å². The Labute approximate surface area is 122 Å². The molecule has 1 aliphatic carbocycles. The van der Waals surface area contributed by atoms with E-state index in [1.54, 1.807) is 7.11 Å². The maximum absolute atomic E-state index is 13.2. The molecule has 20 heavy (non-hydrogen) atoms. The van der Waals surface area contributed by atoms with E-state index >= 15 is 0 Å². The van der Waals surface area contributed by atoms with E-state index in [4.69, 9.17) is 4.74 Å². The molecule has 114 valence electrons. The van der Waals surface area contributed by atoms with Gasteiger partial charge in [-0.05, 0) is 51.1 Å². The van der Waals surface area contributed by atoms with Crippen molar-refractivity contribution in [2.45, 2.75) is 51.0 Å². The predicted molar refractivity (Wildman–Crippen MR) is 78.5 cm³/mol. The highest BCUT2D eigenvalue weighted by Crippen LogP contribution is 2.40. The van der Waals surface area contributed by atoms with Crippen molar-refractivity contribution in [2.24, 2.45) is 11.3 Å². The van der Waals surface area contributed by atoms with Crippen molar-refractivity contribution in [3.05, 3.63) is 0 Å². The van der Waals surface area contributed by atoms with E-state index in [-0.39, 0.29) is 5.41 Å². The number of rotatable bonds is 3. The highest BCUT2D eigenvalue weighted by Gasteiger charge is 2.47. The molecule has 2 unspecified atom stereocenters. The number of carbonyl (C=O) groups excluding carboxylic acids is 1. The zero-order valence-corrected chi connectivity index (χ0v) is 12.7. The average molecular weight is 280 g/mol. The second kappa shape index (κ2) is 6.02. The second-order valence-corrected chi connectivity index (χ2v) is 6.86. The number of likely N-dealkylation sites (tertiary alicyclic amines) is 1. The summed E-state index contributed by atoms with van der Waals surface area (Å²) in [6, 6.07) is 0.528. The fraction of sp³-hybridized carbons (Fsp3) is 0.938. The van der Waals surface area contributed by atoms with Gasteiger partial charge in [0.05, 0.1) is 12.0 Å². The molecule has 0 radical (unpaired) electrons. The lowest BCUT2D eigenvalue weighted by Crippen LogP contribution is -2.53. The third kappa shape index (κ3) is 2.48. The SMILES string of the molecule is COCC1(C(=O)N2CCC3CCCCC32)CCNCC1. The summed E-state index contributed by atoms with van der Waals surface area (Å²) in [6.07, 6.45) is 8.27. The summed E-state index contributed by atoms with van der Waals surface area (Å²) in [6.45, 7) is 3.45. The molecule has 1 saturated carbocycles. The summed E-state index contributed by atoms with van der Waals surface area (Å²) in [5, 5.41) is 3.37. The standard InChI is InChI=1S/C16H28N2O2/c1-20-12-16(7-9-17-10-8-16)15(19)18-11-6-13-4-2-3-5-14(13)18/h13-14,17H,2-12H2,1H3. The largest absolute Gasteiger partial charge is 0.384 e. The minimum atomic E-state index is -0.258. The van der Waals surface area contributed by atoms with Crippen molar-refractivity contribution in [3.63, 3.8) is 0 Å². The first-order valence-electron chi connectivity index (χ1n) is 8.27. The summed E-state index contributed by atoms with van der Waals surface area (Å²) in [5.41, 5.74) is -0.258. The molecule has 1 N–H and O–H groups in total. The first kappa shape index (κ1) is 14.3. The van der Waals surface area contributed by atoms with Gasteiger partial charge in [0.15, 0.2) is 0 Å². The van der Waals surface area contributed by atoms with Gasteiger partial charge in [-0.3, -0.25) is 4.79 Å². The topological polar surface area (TPSA) is 41.6 Å². The summed E-state index contributed by atoms with van der Waals surface area (Å²) >= 11 is 0. The van der Waals surface area contributed by atoms with Crippen LogP contribution in [0, 0.1) is 11.3 Å². The van der Waals surface area contributed by atoms with Crippen molar-refractivity contribution in [1.82, 2.24) is 10.2 Å². The van der Waals surface area contributed by atoms with E-state index in [1.165, 1.54) is 32.1 Å². The molecule has 0 spiro atoms. The van der Waals surface area contributed by atoms with Gasteiger partial charge in [0.1, 0.15) is 0 Å². The summed E-state index contributed by atoms with van der Waals surface area (Å²) in [5.74, 6) is 1.16. The van der Waals surface area contributed by atoms with Crippen LogP contribution in [-0.4, -0.2) is 50.2 Å². The van der Waals surface area contributed by atoms with Gasteiger partial charge in [0, 0.05) is 19.7 Å². The number of hydrogen-bond donors (Lipinski definition) is 1. The fourth-order valence-electron chi connectivity index (χ4n) is 4.56.